The van der Waals surface area contributed by atoms with Crippen molar-refractivity contribution in [2.45, 2.75) is 25.1 Å². The molecule has 0 saturated heterocycles. The molecule has 0 spiro atoms. The van der Waals surface area contributed by atoms with Crippen molar-refractivity contribution in [3.05, 3.63) is 44.5 Å². The third-order valence-electron chi connectivity index (χ3n) is 3.55. The number of alkyl halides is 1. The Morgan fingerprint density at radius 2 is 2.20 bits per heavy atom. The van der Waals surface area contributed by atoms with Crippen molar-refractivity contribution in [2.75, 3.05) is 13.2 Å². The Labute approximate surface area is 161 Å². The first-order valence-corrected chi connectivity index (χ1v) is 10.8. The molecule has 0 fully saturated rings. The predicted octanol–water partition coefficient (Wildman–Crippen LogP) is 3.24. The van der Waals surface area contributed by atoms with Gasteiger partial charge in [0.25, 0.3) is 0 Å². The van der Waals surface area contributed by atoms with Crippen LogP contribution in [-0.2, 0) is 14.9 Å². The Hall–Kier alpha value is -1.61. The van der Waals surface area contributed by atoms with Gasteiger partial charge in [0.15, 0.2) is 0 Å². The molecule has 5 nitrogen and oxygen atoms in total. The van der Waals surface area contributed by atoms with E-state index in [1.807, 2.05) is 23.3 Å². The van der Waals surface area contributed by atoms with Crippen LogP contribution in [0, 0.1) is 17.2 Å². The number of hydrogen-bond donors (Lipinski definition) is 0. The number of aromatic nitrogens is 1. The van der Waals surface area contributed by atoms with E-state index in [4.69, 9.17) is 9.47 Å². The summed E-state index contributed by atoms with van der Waals surface area (Å²) in [7, 11) is 0. The van der Waals surface area contributed by atoms with E-state index in [2.05, 4.69) is 40.8 Å². The van der Waals surface area contributed by atoms with E-state index >= 15 is 0 Å². The van der Waals surface area contributed by atoms with Gasteiger partial charge in [-0.25, -0.2) is 0 Å². The first-order chi connectivity index (χ1) is 12.1. The maximum atomic E-state index is 10.7. The molecule has 2 rings (SSSR count). The van der Waals surface area contributed by atoms with Crippen LogP contribution >= 0.6 is 15.9 Å². The summed E-state index contributed by atoms with van der Waals surface area (Å²) in [6.45, 7) is 5.36. The van der Waals surface area contributed by atoms with Crippen LogP contribution in [0.3, 0.4) is 0 Å². The van der Waals surface area contributed by atoms with E-state index in [1.165, 1.54) is 0 Å². The summed E-state index contributed by atoms with van der Waals surface area (Å²) in [5.41, 5.74) is 2.39. The summed E-state index contributed by atoms with van der Waals surface area (Å²) >= 11 is 3.57. The van der Waals surface area contributed by atoms with Crippen molar-refractivity contribution in [3.63, 3.8) is 0 Å². The maximum absolute atomic E-state index is 10.7. The quantitative estimate of drug-likeness (QED) is 0.320. The zero-order valence-corrected chi connectivity index (χ0v) is 17.4. The average Bonchev–Trinajstić information content (AvgIpc) is 3.09. The average molecular weight is 470 g/mol. The van der Waals surface area contributed by atoms with Crippen LogP contribution in [0.25, 0.3) is 0 Å². The molecule has 1 heterocycles. The number of nitrogens with zero attached hydrogens (tertiary/aromatic N) is 2. The van der Waals surface area contributed by atoms with Crippen molar-refractivity contribution in [2.24, 2.45) is 5.92 Å². The van der Waals surface area contributed by atoms with E-state index in [0.717, 1.165) is 15.7 Å². The molecule has 1 aromatic carbocycles. The third-order valence-corrected chi connectivity index (χ3v) is 6.14. The second-order valence-corrected chi connectivity index (χ2v) is 8.27. The number of rotatable bonds is 9. The molecular formula is C18H19BrN2O3Se. The Kier molecular flexibility index (Phi) is 7.70. The van der Waals surface area contributed by atoms with E-state index in [9.17, 15) is 10.1 Å². The topological polar surface area (TPSA) is 72.2 Å². The fourth-order valence-corrected chi connectivity index (χ4v) is 5.16. The normalized spacial score (nSPS) is 11.8. The molecule has 25 heavy (non-hydrogen) atoms. The molecular weight excluding hydrogens is 451 g/mol. The van der Waals surface area contributed by atoms with Crippen LogP contribution in [0.15, 0.2) is 23.3 Å². The van der Waals surface area contributed by atoms with Crippen molar-refractivity contribution >= 4 is 36.9 Å². The van der Waals surface area contributed by atoms with E-state index in [-0.39, 0.29) is 27.0 Å². The molecule has 0 aliphatic heterocycles. The molecule has 2 aromatic rings. The SMILES string of the molecule is CC(C)COc1ccc(C(COC=O)c2[se]cnc2CBr)cc1C#N. The standard InChI is InChI=1S/C18H19BrN2O3Se/c1-12(2)8-24-17-4-3-13(5-14(17)7-20)15(9-23-11-22)18-16(6-19)21-10-25-18/h3-5,10-12,15H,6,8-9H2,1-2H3. The molecule has 0 amide bonds. The van der Waals surface area contributed by atoms with Crippen LogP contribution in [0.4, 0.5) is 0 Å². The van der Waals surface area contributed by atoms with Gasteiger partial charge in [-0.3, -0.25) is 0 Å². The van der Waals surface area contributed by atoms with Gasteiger partial charge < -0.3 is 0 Å². The first-order valence-electron chi connectivity index (χ1n) is 7.81. The van der Waals surface area contributed by atoms with Crippen molar-refractivity contribution in [1.29, 1.82) is 5.26 Å². The molecule has 7 heteroatoms. The number of nitriles is 1. The predicted molar refractivity (Wildman–Crippen MR) is 99.2 cm³/mol. The Morgan fingerprint density at radius 3 is 2.84 bits per heavy atom. The number of carbonyl (C=O) groups is 1. The Morgan fingerprint density at radius 1 is 1.40 bits per heavy atom. The van der Waals surface area contributed by atoms with Gasteiger partial charge in [-0.2, -0.15) is 0 Å². The van der Waals surface area contributed by atoms with Crippen molar-refractivity contribution in [3.8, 4) is 11.8 Å². The second kappa shape index (κ2) is 9.76. The van der Waals surface area contributed by atoms with Crippen LogP contribution in [-0.4, -0.2) is 39.2 Å². The molecule has 1 aromatic heterocycles. The van der Waals surface area contributed by atoms with Crippen LogP contribution in [0.5, 0.6) is 5.75 Å². The minimum absolute atomic E-state index is 0.105. The monoisotopic (exact) mass is 470 g/mol. The van der Waals surface area contributed by atoms with Gasteiger partial charge >= 0.3 is 162 Å². The van der Waals surface area contributed by atoms with Gasteiger partial charge in [-0.05, 0) is 0 Å². The first kappa shape index (κ1) is 19.7. The van der Waals surface area contributed by atoms with Crippen LogP contribution < -0.4 is 4.74 Å². The molecule has 1 unspecified atom stereocenters. The van der Waals surface area contributed by atoms with Gasteiger partial charge in [0, 0.05) is 0 Å². The van der Waals surface area contributed by atoms with Gasteiger partial charge in [-0.15, -0.1) is 0 Å². The molecule has 0 saturated carbocycles. The number of ether oxygens (including phenoxy) is 2. The zero-order valence-electron chi connectivity index (χ0n) is 14.1. The van der Waals surface area contributed by atoms with Crippen molar-refractivity contribution in [1.82, 2.24) is 4.98 Å². The Bertz CT molecular complexity index is 755. The molecule has 0 N–H and O–H groups in total. The summed E-state index contributed by atoms with van der Waals surface area (Å²) < 4.78 is 11.9. The molecule has 0 radical (unpaired) electrons. The van der Waals surface area contributed by atoms with E-state index in [0.29, 0.717) is 35.6 Å². The fourth-order valence-electron chi connectivity index (χ4n) is 2.35. The minimum atomic E-state index is -0.105. The summed E-state index contributed by atoms with van der Waals surface area (Å²) in [5, 5.41) is 12.0. The van der Waals surface area contributed by atoms with Crippen molar-refractivity contribution < 1.29 is 14.3 Å². The number of hydrogen-bond acceptors (Lipinski definition) is 5. The van der Waals surface area contributed by atoms with E-state index < -0.39 is 0 Å². The second-order valence-electron chi connectivity index (χ2n) is 5.85. The fraction of sp³-hybridized carbons (Fsp3) is 0.389. The van der Waals surface area contributed by atoms with Crippen LogP contribution in [0.2, 0.25) is 0 Å². The summed E-state index contributed by atoms with van der Waals surface area (Å²) in [6.07, 6.45) is 0. The molecule has 0 aliphatic carbocycles. The van der Waals surface area contributed by atoms with Gasteiger partial charge in [-0.1, -0.05) is 0 Å². The number of carbonyl (C=O) groups excluding carboxylic acids is 1. The molecule has 1 atom stereocenters. The zero-order chi connectivity index (χ0) is 18.2. The van der Waals surface area contributed by atoms with Gasteiger partial charge in [0.1, 0.15) is 0 Å². The summed E-state index contributed by atoms with van der Waals surface area (Å²) in [4.78, 5) is 15.1. The molecule has 132 valence electrons. The summed E-state index contributed by atoms with van der Waals surface area (Å²) in [6, 6.07) is 7.77. The van der Waals surface area contributed by atoms with E-state index in [1.54, 1.807) is 0 Å². The van der Waals surface area contributed by atoms with Crippen LogP contribution in [0.1, 0.15) is 41.0 Å². The molecule has 0 bridgehead atoms. The third kappa shape index (κ3) is 5.18. The number of halogens is 1. The summed E-state index contributed by atoms with van der Waals surface area (Å²) in [5.74, 6) is 0.856. The van der Waals surface area contributed by atoms with Gasteiger partial charge in [0.05, 0.1) is 0 Å². The number of benzene rings is 1. The Balaban J connectivity index is 2.37. The van der Waals surface area contributed by atoms with Gasteiger partial charge in [0.2, 0.25) is 0 Å². The molecule has 0 aliphatic rings.